The number of aliphatic hydroxyl groups is 1. The predicted octanol–water partition coefficient (Wildman–Crippen LogP) is 4.55. The highest BCUT2D eigenvalue weighted by Gasteiger charge is 2.31. The van der Waals surface area contributed by atoms with Crippen LogP contribution in [0.1, 0.15) is 48.0 Å². The van der Waals surface area contributed by atoms with Crippen LogP contribution >= 0.6 is 11.8 Å². The molecule has 0 heterocycles. The van der Waals surface area contributed by atoms with E-state index in [-0.39, 0.29) is 11.4 Å². The van der Waals surface area contributed by atoms with E-state index in [1.807, 2.05) is 52.0 Å². The molecule has 0 saturated heterocycles. The lowest BCUT2D eigenvalue weighted by Gasteiger charge is -2.31. The number of para-hydroxylation sites is 2. The second-order valence-corrected chi connectivity index (χ2v) is 9.88. The van der Waals surface area contributed by atoms with Gasteiger partial charge in [0.1, 0.15) is 0 Å². The van der Waals surface area contributed by atoms with E-state index < -0.39 is 11.6 Å². The molecular formula is C21H35N5O2S. The second-order valence-electron chi connectivity index (χ2n) is 8.64. The van der Waals surface area contributed by atoms with Crippen molar-refractivity contribution >= 4 is 39.3 Å². The van der Waals surface area contributed by atoms with E-state index in [2.05, 4.69) is 20.9 Å². The monoisotopic (exact) mass is 421 g/mol. The van der Waals surface area contributed by atoms with Gasteiger partial charge in [-0.05, 0) is 44.7 Å². The van der Waals surface area contributed by atoms with Gasteiger partial charge in [-0.1, -0.05) is 44.7 Å². The molecule has 162 valence electrons. The molecular weight excluding hydrogens is 386 g/mol. The molecule has 0 spiro atoms. The highest BCUT2D eigenvalue weighted by Crippen LogP contribution is 2.26. The van der Waals surface area contributed by atoms with Crippen molar-refractivity contribution in [1.82, 2.24) is 5.32 Å². The van der Waals surface area contributed by atoms with Crippen molar-refractivity contribution in [3.8, 4) is 0 Å². The summed E-state index contributed by atoms with van der Waals surface area (Å²) < 4.78 is 0. The Morgan fingerprint density at radius 3 is 2.31 bits per heavy atom. The van der Waals surface area contributed by atoms with Crippen LogP contribution in [0.15, 0.2) is 29.3 Å². The molecule has 7 nitrogen and oxygen atoms in total. The zero-order valence-electron chi connectivity index (χ0n) is 18.5. The van der Waals surface area contributed by atoms with Gasteiger partial charge in [0, 0.05) is 13.6 Å². The van der Waals surface area contributed by atoms with Crippen molar-refractivity contribution in [2.75, 3.05) is 24.2 Å². The number of aliphatic imine (C=N–C) groups is 1. The summed E-state index contributed by atoms with van der Waals surface area (Å²) in [5.74, 6) is 0. The molecule has 1 aromatic rings. The summed E-state index contributed by atoms with van der Waals surface area (Å²) in [5, 5.41) is 28.4. The number of hydrogen-bond acceptors (Lipinski definition) is 6. The van der Waals surface area contributed by atoms with Crippen LogP contribution in [0, 0.1) is 10.8 Å². The van der Waals surface area contributed by atoms with Crippen molar-refractivity contribution in [2.24, 2.45) is 10.4 Å². The highest BCUT2D eigenvalue weighted by molar-refractivity contribution is 8.26. The number of amides is 2. The Bertz CT molecular complexity index is 735. The fourth-order valence-electron chi connectivity index (χ4n) is 2.48. The molecule has 0 aromatic heterocycles. The van der Waals surface area contributed by atoms with E-state index in [9.17, 15) is 9.90 Å². The molecule has 0 radical (unpaired) electrons. The van der Waals surface area contributed by atoms with E-state index in [1.165, 1.54) is 11.8 Å². The fraction of sp³-hybridized carbons (Fsp3) is 0.571. The number of thioether (sulfide) groups is 1. The lowest BCUT2D eigenvalue weighted by Crippen LogP contribution is -2.49. The molecule has 0 unspecified atom stereocenters. The number of rotatable bonds is 7. The third-order valence-corrected chi connectivity index (χ3v) is 5.14. The minimum Gasteiger partial charge on any atom is -0.390 e. The van der Waals surface area contributed by atoms with Crippen LogP contribution in [-0.4, -0.2) is 46.5 Å². The van der Waals surface area contributed by atoms with Gasteiger partial charge in [-0.15, -0.1) is 0 Å². The van der Waals surface area contributed by atoms with Crippen molar-refractivity contribution in [1.29, 1.82) is 5.41 Å². The third-order valence-electron chi connectivity index (χ3n) is 4.20. The topological polar surface area (TPSA) is 110 Å². The number of carbonyl (C=O) groups excluding carboxylic acids is 1. The molecule has 8 heteroatoms. The molecule has 0 saturated carbocycles. The van der Waals surface area contributed by atoms with Gasteiger partial charge in [-0.25, -0.2) is 4.79 Å². The van der Waals surface area contributed by atoms with Gasteiger partial charge >= 0.3 is 6.03 Å². The first-order valence-corrected chi connectivity index (χ1v) is 10.5. The van der Waals surface area contributed by atoms with Crippen LogP contribution < -0.4 is 16.0 Å². The summed E-state index contributed by atoms with van der Waals surface area (Å²) in [7, 11) is 1.68. The molecule has 5 N–H and O–H groups in total. The Morgan fingerprint density at radius 2 is 1.79 bits per heavy atom. The quantitative estimate of drug-likeness (QED) is 0.328. The SMILES string of the molecule is CN=C(C)SC(=N)[C@@H](NC(=O)Nc1ccccc1NCCC(C)(C)O)C(C)(C)C. The van der Waals surface area contributed by atoms with Crippen molar-refractivity contribution < 1.29 is 9.90 Å². The zero-order valence-corrected chi connectivity index (χ0v) is 19.3. The Labute approximate surface area is 178 Å². The Hall–Kier alpha value is -2.06. The molecule has 1 rings (SSSR count). The summed E-state index contributed by atoms with van der Waals surface area (Å²) in [4.78, 5) is 16.8. The number of nitrogens with zero attached hydrogens (tertiary/aromatic N) is 1. The summed E-state index contributed by atoms with van der Waals surface area (Å²) in [6.07, 6.45) is 0.576. The van der Waals surface area contributed by atoms with Crippen LogP contribution in [0.25, 0.3) is 0 Å². The molecule has 0 aliphatic heterocycles. The number of urea groups is 1. The number of anilines is 2. The summed E-state index contributed by atoms with van der Waals surface area (Å²) in [6, 6.07) is 6.58. The maximum atomic E-state index is 12.7. The van der Waals surface area contributed by atoms with E-state index >= 15 is 0 Å². The average Bonchev–Trinajstić information content (AvgIpc) is 2.58. The van der Waals surface area contributed by atoms with Crippen LogP contribution in [0.2, 0.25) is 0 Å². The fourth-order valence-corrected chi connectivity index (χ4v) is 3.42. The van der Waals surface area contributed by atoms with Crippen LogP contribution in [0.4, 0.5) is 16.2 Å². The van der Waals surface area contributed by atoms with E-state index in [0.29, 0.717) is 23.7 Å². The zero-order chi connectivity index (χ0) is 22.2. The maximum absolute atomic E-state index is 12.7. The van der Waals surface area contributed by atoms with Crippen LogP contribution in [-0.2, 0) is 0 Å². The summed E-state index contributed by atoms with van der Waals surface area (Å²) >= 11 is 1.25. The minimum absolute atomic E-state index is 0.333. The molecule has 1 atom stereocenters. The lowest BCUT2D eigenvalue weighted by molar-refractivity contribution is 0.0749. The molecule has 0 bridgehead atoms. The van der Waals surface area contributed by atoms with Gasteiger partial charge in [0.15, 0.2) is 0 Å². The summed E-state index contributed by atoms with van der Waals surface area (Å²) in [6.45, 7) is 11.9. The van der Waals surface area contributed by atoms with Gasteiger partial charge in [-0.3, -0.25) is 10.4 Å². The standard InChI is InChI=1S/C21H35N5O2S/c1-14(23-7)29-18(22)17(20(2,3)4)26-19(27)25-16-11-9-8-10-15(16)24-13-12-21(5,6)28/h8-11,17,22,24,28H,12-13H2,1-7H3,(H2,25,26,27)/t17-/m1/s1. The van der Waals surface area contributed by atoms with Crippen molar-refractivity contribution in [3.05, 3.63) is 24.3 Å². The minimum atomic E-state index is -0.759. The highest BCUT2D eigenvalue weighted by atomic mass is 32.2. The van der Waals surface area contributed by atoms with E-state index in [0.717, 1.165) is 10.7 Å². The van der Waals surface area contributed by atoms with Gasteiger partial charge < -0.3 is 21.1 Å². The summed E-state index contributed by atoms with van der Waals surface area (Å²) in [5.41, 5.74) is 0.321. The smallest absolute Gasteiger partial charge is 0.319 e. The number of benzene rings is 1. The van der Waals surface area contributed by atoms with E-state index in [1.54, 1.807) is 20.9 Å². The lowest BCUT2D eigenvalue weighted by atomic mass is 9.87. The average molecular weight is 422 g/mol. The van der Waals surface area contributed by atoms with E-state index in [4.69, 9.17) is 5.41 Å². The first-order chi connectivity index (χ1) is 13.3. The van der Waals surface area contributed by atoms with Crippen molar-refractivity contribution in [3.63, 3.8) is 0 Å². The molecule has 2 amide bonds. The molecule has 1 aromatic carbocycles. The number of hydrogen-bond donors (Lipinski definition) is 5. The Morgan fingerprint density at radius 1 is 1.21 bits per heavy atom. The Kier molecular flexibility index (Phi) is 9.16. The van der Waals surface area contributed by atoms with Crippen LogP contribution in [0.5, 0.6) is 0 Å². The largest absolute Gasteiger partial charge is 0.390 e. The van der Waals surface area contributed by atoms with Gasteiger partial charge in [0.05, 0.1) is 33.1 Å². The third kappa shape index (κ3) is 9.32. The first-order valence-electron chi connectivity index (χ1n) is 9.66. The number of carbonyl (C=O) groups is 1. The van der Waals surface area contributed by atoms with Crippen LogP contribution in [0.3, 0.4) is 0 Å². The van der Waals surface area contributed by atoms with Gasteiger partial charge in [0.25, 0.3) is 0 Å². The van der Waals surface area contributed by atoms with Crippen molar-refractivity contribution in [2.45, 2.75) is 59.6 Å². The van der Waals surface area contributed by atoms with Gasteiger partial charge in [-0.2, -0.15) is 0 Å². The second kappa shape index (κ2) is 10.6. The first kappa shape index (κ1) is 25.0. The predicted molar refractivity (Wildman–Crippen MR) is 126 cm³/mol. The van der Waals surface area contributed by atoms with Gasteiger partial charge in [0.2, 0.25) is 0 Å². The molecule has 0 fully saturated rings. The molecule has 0 aliphatic carbocycles. The molecule has 29 heavy (non-hydrogen) atoms. The Balaban J connectivity index is 2.85. The number of nitrogens with one attached hydrogen (secondary N) is 4. The molecule has 0 aliphatic rings. The normalized spacial score (nSPS) is 13.6. The maximum Gasteiger partial charge on any atom is 0.319 e.